The highest BCUT2D eigenvalue weighted by molar-refractivity contribution is 5.92. The lowest BCUT2D eigenvalue weighted by atomic mass is 9.78. The number of hydrogen-bond acceptors (Lipinski definition) is 2. The van der Waals surface area contributed by atoms with E-state index in [1.807, 2.05) is 18.2 Å². The molecule has 3 nitrogen and oxygen atoms in total. The minimum Gasteiger partial charge on any atom is -0.334 e. The second kappa shape index (κ2) is 5.09. The van der Waals surface area contributed by atoms with Crippen LogP contribution in [-0.2, 0) is 0 Å². The van der Waals surface area contributed by atoms with Crippen LogP contribution in [0, 0.1) is 5.92 Å². The number of pyridine rings is 1. The fourth-order valence-electron chi connectivity index (χ4n) is 3.51. The Hall–Kier alpha value is -1.38. The monoisotopic (exact) mass is 244 g/mol. The Morgan fingerprint density at radius 2 is 2.00 bits per heavy atom. The topological polar surface area (TPSA) is 33.2 Å². The minimum absolute atomic E-state index is 0.132. The summed E-state index contributed by atoms with van der Waals surface area (Å²) in [5.41, 5.74) is 0.601. The zero-order valence-corrected chi connectivity index (χ0v) is 10.7. The third kappa shape index (κ3) is 2.14. The number of fused-ring (bicyclic) bond motifs is 1. The van der Waals surface area contributed by atoms with E-state index in [0.717, 1.165) is 18.9 Å². The smallest absolute Gasteiger partial charge is 0.272 e. The Morgan fingerprint density at radius 3 is 2.83 bits per heavy atom. The van der Waals surface area contributed by atoms with Crippen molar-refractivity contribution in [3.63, 3.8) is 0 Å². The van der Waals surface area contributed by atoms with Gasteiger partial charge in [0.2, 0.25) is 0 Å². The highest BCUT2D eigenvalue weighted by Gasteiger charge is 2.36. The van der Waals surface area contributed by atoms with E-state index in [2.05, 4.69) is 9.88 Å². The fourth-order valence-corrected chi connectivity index (χ4v) is 3.51. The van der Waals surface area contributed by atoms with Crippen LogP contribution < -0.4 is 0 Å². The van der Waals surface area contributed by atoms with Crippen LogP contribution in [0.15, 0.2) is 24.4 Å². The fraction of sp³-hybridized carbons (Fsp3) is 0.600. The van der Waals surface area contributed by atoms with E-state index in [1.54, 1.807) is 6.20 Å². The number of carbonyl (C=O) groups is 1. The normalized spacial score (nSPS) is 27.7. The van der Waals surface area contributed by atoms with Crippen LogP contribution in [0.25, 0.3) is 0 Å². The van der Waals surface area contributed by atoms with Crippen molar-refractivity contribution in [2.75, 3.05) is 6.54 Å². The summed E-state index contributed by atoms with van der Waals surface area (Å²) < 4.78 is 0. The van der Waals surface area contributed by atoms with Gasteiger partial charge in [0.1, 0.15) is 5.69 Å². The molecule has 2 fully saturated rings. The van der Waals surface area contributed by atoms with Crippen LogP contribution in [0.4, 0.5) is 0 Å². The van der Waals surface area contributed by atoms with E-state index in [0.29, 0.717) is 11.7 Å². The largest absolute Gasteiger partial charge is 0.334 e. The number of nitrogens with zero attached hydrogens (tertiary/aromatic N) is 2. The van der Waals surface area contributed by atoms with Crippen molar-refractivity contribution in [3.05, 3.63) is 30.1 Å². The van der Waals surface area contributed by atoms with Gasteiger partial charge in [-0.15, -0.1) is 0 Å². The van der Waals surface area contributed by atoms with Crippen LogP contribution in [0.2, 0.25) is 0 Å². The van der Waals surface area contributed by atoms with E-state index in [-0.39, 0.29) is 5.91 Å². The van der Waals surface area contributed by atoms with E-state index < -0.39 is 0 Å². The van der Waals surface area contributed by atoms with Gasteiger partial charge in [0.15, 0.2) is 0 Å². The van der Waals surface area contributed by atoms with Gasteiger partial charge in [-0.05, 0) is 43.7 Å². The number of piperidine rings is 1. The molecular weight excluding hydrogens is 224 g/mol. The molecule has 0 aromatic carbocycles. The molecule has 3 heteroatoms. The highest BCUT2D eigenvalue weighted by atomic mass is 16.2. The molecule has 1 aromatic heterocycles. The van der Waals surface area contributed by atoms with Crippen LogP contribution >= 0.6 is 0 Å². The molecule has 0 radical (unpaired) electrons. The summed E-state index contributed by atoms with van der Waals surface area (Å²) in [6.07, 6.45) is 9.26. The Labute approximate surface area is 108 Å². The van der Waals surface area contributed by atoms with Gasteiger partial charge in [-0.1, -0.05) is 18.9 Å². The van der Waals surface area contributed by atoms with Crippen molar-refractivity contribution in [2.24, 2.45) is 5.92 Å². The first-order valence-corrected chi connectivity index (χ1v) is 7.08. The Morgan fingerprint density at radius 1 is 1.17 bits per heavy atom. The maximum absolute atomic E-state index is 12.5. The summed E-state index contributed by atoms with van der Waals surface area (Å²) in [4.78, 5) is 18.8. The van der Waals surface area contributed by atoms with Gasteiger partial charge in [-0.3, -0.25) is 9.78 Å². The predicted molar refractivity (Wildman–Crippen MR) is 70.3 cm³/mol. The van der Waals surface area contributed by atoms with Gasteiger partial charge in [0, 0.05) is 18.8 Å². The molecule has 1 aliphatic carbocycles. The van der Waals surface area contributed by atoms with Gasteiger partial charge in [0.25, 0.3) is 5.91 Å². The number of amides is 1. The highest BCUT2D eigenvalue weighted by Crippen LogP contribution is 2.35. The third-order valence-electron chi connectivity index (χ3n) is 4.39. The standard InChI is InChI=1S/C15H20N2O/c18-15(13-8-3-4-10-16-13)17-11-5-7-12-6-1-2-9-14(12)17/h3-4,8,10,12,14H,1-2,5-7,9,11H2/t12-,14+/m1/s1. The molecule has 1 aliphatic heterocycles. The molecule has 1 saturated heterocycles. The van der Waals surface area contributed by atoms with E-state index in [9.17, 15) is 4.79 Å². The molecule has 3 rings (SSSR count). The molecule has 0 N–H and O–H groups in total. The first-order valence-electron chi connectivity index (χ1n) is 7.08. The zero-order chi connectivity index (χ0) is 12.4. The molecule has 2 aliphatic rings. The lowest BCUT2D eigenvalue weighted by Gasteiger charge is -2.44. The van der Waals surface area contributed by atoms with E-state index in [1.165, 1.54) is 32.1 Å². The van der Waals surface area contributed by atoms with Crippen LogP contribution in [0.3, 0.4) is 0 Å². The van der Waals surface area contributed by atoms with Crippen molar-refractivity contribution < 1.29 is 4.79 Å². The van der Waals surface area contributed by atoms with E-state index >= 15 is 0 Å². The minimum atomic E-state index is 0.132. The van der Waals surface area contributed by atoms with Crippen molar-refractivity contribution in [2.45, 2.75) is 44.6 Å². The summed E-state index contributed by atoms with van der Waals surface area (Å²) in [5.74, 6) is 0.868. The van der Waals surface area contributed by atoms with Crippen molar-refractivity contribution in [1.29, 1.82) is 0 Å². The Bertz CT molecular complexity index is 416. The number of likely N-dealkylation sites (tertiary alicyclic amines) is 1. The van der Waals surface area contributed by atoms with E-state index in [4.69, 9.17) is 0 Å². The van der Waals surface area contributed by atoms with Gasteiger partial charge < -0.3 is 4.90 Å². The molecule has 18 heavy (non-hydrogen) atoms. The molecule has 1 saturated carbocycles. The average Bonchev–Trinajstić information content (AvgIpc) is 2.47. The quantitative estimate of drug-likeness (QED) is 0.761. The summed E-state index contributed by atoms with van der Waals surface area (Å²) in [6, 6.07) is 6.05. The maximum Gasteiger partial charge on any atom is 0.272 e. The van der Waals surface area contributed by atoms with Crippen LogP contribution in [0.5, 0.6) is 0 Å². The molecule has 0 bridgehead atoms. The van der Waals surface area contributed by atoms with Crippen molar-refractivity contribution in [3.8, 4) is 0 Å². The predicted octanol–water partition coefficient (Wildman–Crippen LogP) is 2.88. The zero-order valence-electron chi connectivity index (χ0n) is 10.7. The van der Waals surface area contributed by atoms with Gasteiger partial charge in [-0.2, -0.15) is 0 Å². The SMILES string of the molecule is O=C(c1ccccn1)N1CCC[C@H]2CCCC[C@@H]21. The van der Waals surface area contributed by atoms with Crippen molar-refractivity contribution in [1.82, 2.24) is 9.88 Å². The Kier molecular flexibility index (Phi) is 3.31. The molecule has 1 aromatic rings. The number of rotatable bonds is 1. The number of carbonyl (C=O) groups excluding carboxylic acids is 1. The molecule has 2 atom stereocenters. The first-order chi connectivity index (χ1) is 8.86. The average molecular weight is 244 g/mol. The molecule has 2 heterocycles. The molecule has 0 unspecified atom stereocenters. The lowest BCUT2D eigenvalue weighted by molar-refractivity contribution is 0.0385. The summed E-state index contributed by atoms with van der Waals surface area (Å²) in [5, 5.41) is 0. The summed E-state index contributed by atoms with van der Waals surface area (Å²) >= 11 is 0. The maximum atomic E-state index is 12.5. The van der Waals surface area contributed by atoms with Gasteiger partial charge in [0.05, 0.1) is 0 Å². The second-order valence-corrected chi connectivity index (χ2v) is 5.47. The Balaban J connectivity index is 1.80. The lowest BCUT2D eigenvalue weighted by Crippen LogP contribution is -2.49. The van der Waals surface area contributed by atoms with Gasteiger partial charge >= 0.3 is 0 Å². The molecular formula is C15H20N2O. The third-order valence-corrected chi connectivity index (χ3v) is 4.39. The summed E-state index contributed by atoms with van der Waals surface area (Å²) in [7, 11) is 0. The molecule has 0 spiro atoms. The van der Waals surface area contributed by atoms with Crippen molar-refractivity contribution >= 4 is 5.91 Å². The first kappa shape index (κ1) is 11.7. The molecule has 96 valence electrons. The van der Waals surface area contributed by atoms with Crippen LogP contribution in [0.1, 0.15) is 49.0 Å². The van der Waals surface area contributed by atoms with Gasteiger partial charge in [-0.25, -0.2) is 0 Å². The van der Waals surface area contributed by atoms with Crippen LogP contribution in [-0.4, -0.2) is 28.4 Å². The summed E-state index contributed by atoms with van der Waals surface area (Å²) in [6.45, 7) is 0.913. The molecule has 1 amide bonds. The number of hydrogen-bond donors (Lipinski definition) is 0. The second-order valence-electron chi connectivity index (χ2n) is 5.47. The number of aromatic nitrogens is 1.